The van der Waals surface area contributed by atoms with Crippen molar-refractivity contribution in [2.24, 2.45) is 0 Å². The largest absolute Gasteiger partial charge is 0.356 e. The summed E-state index contributed by atoms with van der Waals surface area (Å²) in [5, 5.41) is 0. The number of aryl methyl sites for hydroxylation is 1. The highest BCUT2D eigenvalue weighted by Crippen LogP contribution is 2.24. The van der Waals surface area contributed by atoms with E-state index in [2.05, 4.69) is 55.6 Å². The van der Waals surface area contributed by atoms with Crippen molar-refractivity contribution >= 4 is 11.0 Å². The molecule has 0 aromatic carbocycles. The number of hydrogen-bond donors (Lipinski definition) is 1. The van der Waals surface area contributed by atoms with E-state index in [1.165, 1.54) is 0 Å². The van der Waals surface area contributed by atoms with Crippen LogP contribution in [0.1, 0.15) is 72.0 Å². The van der Waals surface area contributed by atoms with Gasteiger partial charge < -0.3 is 4.98 Å². The Hall–Kier alpha value is -1.38. The maximum Gasteiger partial charge on any atom is 0.131 e. The number of aromatic amines is 1. The molecule has 1 N–H and O–H groups in total. The second kappa shape index (κ2) is 5.98. The van der Waals surface area contributed by atoms with Crippen LogP contribution >= 0.6 is 0 Å². The van der Waals surface area contributed by atoms with E-state index in [9.17, 15) is 0 Å². The number of nitrogens with one attached hydrogen (secondary N) is 1. The molecule has 102 valence electrons. The van der Waals surface area contributed by atoms with Gasteiger partial charge in [0.05, 0.1) is 16.7 Å². The fourth-order valence-electron chi connectivity index (χ4n) is 1.86. The fraction of sp³-hybridized carbons (Fsp3) is 0.600. The molecular formula is C15H27N3. The van der Waals surface area contributed by atoms with Gasteiger partial charge in [-0.25, -0.2) is 9.97 Å². The van der Waals surface area contributed by atoms with Crippen LogP contribution in [0.2, 0.25) is 0 Å². The van der Waals surface area contributed by atoms with Gasteiger partial charge in [-0.3, -0.25) is 0 Å². The summed E-state index contributed by atoms with van der Waals surface area (Å²) in [5.74, 6) is 1.73. The molecule has 2 aromatic heterocycles. The van der Waals surface area contributed by atoms with Crippen LogP contribution < -0.4 is 0 Å². The molecule has 0 aliphatic rings. The van der Waals surface area contributed by atoms with Gasteiger partial charge in [-0.15, -0.1) is 0 Å². The molecule has 0 spiro atoms. The van der Waals surface area contributed by atoms with Crippen LogP contribution in [0.4, 0.5) is 0 Å². The first kappa shape index (κ1) is 14.7. The molecule has 18 heavy (non-hydrogen) atoms. The lowest BCUT2D eigenvalue weighted by molar-refractivity contribution is 0.742. The molecular weight excluding hydrogens is 222 g/mol. The van der Waals surface area contributed by atoms with Crippen molar-refractivity contribution in [2.75, 3.05) is 0 Å². The lowest BCUT2D eigenvalue weighted by Crippen LogP contribution is -2.03. The number of fused-ring (bicyclic) bond motifs is 1. The summed E-state index contributed by atoms with van der Waals surface area (Å²) >= 11 is 0. The predicted molar refractivity (Wildman–Crippen MR) is 80.3 cm³/mol. The Morgan fingerprint density at radius 2 is 1.67 bits per heavy atom. The smallest absolute Gasteiger partial charge is 0.131 e. The van der Waals surface area contributed by atoms with Gasteiger partial charge in [-0.2, -0.15) is 0 Å². The third-order valence-electron chi connectivity index (χ3n) is 2.72. The molecule has 0 fully saturated rings. The van der Waals surface area contributed by atoms with Gasteiger partial charge in [0.2, 0.25) is 0 Å². The Bertz CT molecular complexity index is 515. The van der Waals surface area contributed by atoms with E-state index in [1.807, 2.05) is 13.8 Å². The van der Waals surface area contributed by atoms with E-state index in [0.29, 0.717) is 11.8 Å². The molecule has 0 radical (unpaired) electrons. The summed E-state index contributed by atoms with van der Waals surface area (Å²) in [6.45, 7) is 14.7. The van der Waals surface area contributed by atoms with Crippen LogP contribution in [0.3, 0.4) is 0 Å². The maximum absolute atomic E-state index is 4.67. The Labute approximate surface area is 112 Å². The molecule has 0 unspecified atom stereocenters. The first-order chi connectivity index (χ1) is 8.49. The van der Waals surface area contributed by atoms with Crippen molar-refractivity contribution in [3.63, 3.8) is 0 Å². The summed E-state index contributed by atoms with van der Waals surface area (Å²) in [4.78, 5) is 12.6. The van der Waals surface area contributed by atoms with Crippen molar-refractivity contribution < 1.29 is 1.43 Å². The van der Waals surface area contributed by atoms with E-state index in [4.69, 9.17) is 0 Å². The minimum absolute atomic E-state index is 0. The van der Waals surface area contributed by atoms with Gasteiger partial charge in [0.15, 0.2) is 0 Å². The van der Waals surface area contributed by atoms with Crippen LogP contribution in [0.15, 0.2) is 6.07 Å². The summed E-state index contributed by atoms with van der Waals surface area (Å²) < 4.78 is 0. The quantitative estimate of drug-likeness (QED) is 0.831. The molecule has 0 aliphatic heterocycles. The molecule has 0 atom stereocenters. The van der Waals surface area contributed by atoms with Gasteiger partial charge in [0.25, 0.3) is 0 Å². The zero-order valence-corrected chi connectivity index (χ0v) is 12.6. The van der Waals surface area contributed by atoms with Crippen molar-refractivity contribution in [3.8, 4) is 0 Å². The number of nitrogens with zero attached hydrogens (tertiary/aromatic N) is 2. The minimum Gasteiger partial charge on any atom is -0.356 e. The topological polar surface area (TPSA) is 41.6 Å². The molecule has 0 aliphatic carbocycles. The zero-order valence-electron chi connectivity index (χ0n) is 12.6. The zero-order chi connectivity index (χ0) is 13.9. The molecule has 3 nitrogen and oxygen atoms in total. The Kier molecular flexibility index (Phi) is 4.88. The molecule has 2 aromatic rings. The van der Waals surface area contributed by atoms with Gasteiger partial charge >= 0.3 is 0 Å². The molecule has 0 saturated heterocycles. The average molecular weight is 249 g/mol. The van der Waals surface area contributed by atoms with Crippen LogP contribution in [0.5, 0.6) is 0 Å². The molecule has 0 amide bonds. The Morgan fingerprint density at radius 3 is 2.17 bits per heavy atom. The normalized spacial score (nSPS) is 10.9. The van der Waals surface area contributed by atoms with Gasteiger partial charge in [-0.1, -0.05) is 41.5 Å². The predicted octanol–water partition coefficient (Wildman–Crippen LogP) is 4.79. The monoisotopic (exact) mass is 249 g/mol. The van der Waals surface area contributed by atoms with Gasteiger partial charge in [-0.05, 0) is 18.9 Å². The highest BCUT2D eigenvalue weighted by Gasteiger charge is 2.14. The van der Waals surface area contributed by atoms with Crippen LogP contribution in [-0.4, -0.2) is 15.0 Å². The highest BCUT2D eigenvalue weighted by atomic mass is 14.9. The number of rotatable bonds is 2. The van der Waals surface area contributed by atoms with E-state index in [1.54, 1.807) is 0 Å². The Morgan fingerprint density at radius 1 is 1.06 bits per heavy atom. The molecule has 2 rings (SSSR count). The van der Waals surface area contributed by atoms with E-state index >= 15 is 0 Å². The summed E-state index contributed by atoms with van der Waals surface area (Å²) in [6.07, 6.45) is 0. The first-order valence-corrected chi connectivity index (χ1v) is 6.86. The molecule has 3 heteroatoms. The van der Waals surface area contributed by atoms with Crippen LogP contribution in [0, 0.1) is 6.92 Å². The first-order valence-electron chi connectivity index (χ1n) is 6.86. The van der Waals surface area contributed by atoms with Crippen molar-refractivity contribution in [1.82, 2.24) is 15.0 Å². The van der Waals surface area contributed by atoms with Crippen molar-refractivity contribution in [3.05, 3.63) is 23.3 Å². The lowest BCUT2D eigenvalue weighted by atomic mass is 10.1. The SMILES string of the molecule is CC.Cc1cc2nc(C(C)C)nc(C(C)C)c2[nH]1.[HH]. The third-order valence-corrected chi connectivity index (χ3v) is 2.72. The summed E-state index contributed by atoms with van der Waals surface area (Å²) in [6, 6.07) is 2.09. The molecule has 0 bridgehead atoms. The highest BCUT2D eigenvalue weighted by molar-refractivity contribution is 5.78. The molecule has 0 saturated carbocycles. The third kappa shape index (κ3) is 2.89. The fourth-order valence-corrected chi connectivity index (χ4v) is 1.86. The second-order valence-electron chi connectivity index (χ2n) is 4.99. The van der Waals surface area contributed by atoms with E-state index in [-0.39, 0.29) is 1.43 Å². The number of aromatic nitrogens is 3. The second-order valence-corrected chi connectivity index (χ2v) is 4.99. The average Bonchev–Trinajstić information content (AvgIpc) is 2.69. The van der Waals surface area contributed by atoms with E-state index < -0.39 is 0 Å². The number of H-pyrrole nitrogens is 1. The molecule has 2 heterocycles. The summed E-state index contributed by atoms with van der Waals surface area (Å²) in [7, 11) is 0. The Balaban J connectivity index is 0.00000103. The minimum atomic E-state index is 0. The maximum atomic E-state index is 4.67. The summed E-state index contributed by atoms with van der Waals surface area (Å²) in [5.41, 5.74) is 4.41. The van der Waals surface area contributed by atoms with Crippen molar-refractivity contribution in [1.29, 1.82) is 0 Å². The van der Waals surface area contributed by atoms with Crippen molar-refractivity contribution in [2.45, 2.75) is 60.3 Å². The standard InChI is InChI=1S/C13H19N3.C2H6.H2/c1-7(2)11-12-10(6-9(5)14-12)15-13(16-11)8(3)4;1-2;/h6-8,14H,1-5H3;1-2H3;1H. The van der Waals surface area contributed by atoms with E-state index in [0.717, 1.165) is 28.2 Å². The van der Waals surface area contributed by atoms with Crippen LogP contribution in [0.25, 0.3) is 11.0 Å². The lowest BCUT2D eigenvalue weighted by Gasteiger charge is -2.10. The number of hydrogen-bond acceptors (Lipinski definition) is 2. The van der Waals surface area contributed by atoms with Crippen LogP contribution in [-0.2, 0) is 0 Å². The van der Waals surface area contributed by atoms with Gasteiger partial charge in [0.1, 0.15) is 5.82 Å². The van der Waals surface area contributed by atoms with Gasteiger partial charge in [0, 0.05) is 13.0 Å².